The summed E-state index contributed by atoms with van der Waals surface area (Å²) in [5.74, 6) is 4.75. The van der Waals surface area contributed by atoms with E-state index in [-0.39, 0.29) is 16.9 Å². The minimum absolute atomic E-state index is 0.0593. The SMILES string of the molecule is CC1CCC2(CO)CCC3C(CCC4C3(C)CCC3C(C)(C)C(O)CCC34C)C12. The van der Waals surface area contributed by atoms with E-state index >= 15 is 0 Å². The molecule has 0 amide bonds. The standard InChI is InChI=1S/C27H46O2/c1-17-8-14-27(16-28)15-9-19-18(23(17)27)6-7-21-25(19,4)12-10-20-24(2,3)22(29)11-13-26(20,21)5/h17-23,28-29H,6-16H2,1-5H3. The van der Waals surface area contributed by atoms with E-state index in [1.165, 1.54) is 57.8 Å². The smallest absolute Gasteiger partial charge is 0.0594 e. The Morgan fingerprint density at radius 2 is 1.45 bits per heavy atom. The zero-order chi connectivity index (χ0) is 20.8. The van der Waals surface area contributed by atoms with Gasteiger partial charge >= 0.3 is 0 Å². The molecule has 5 aliphatic carbocycles. The summed E-state index contributed by atoms with van der Waals surface area (Å²) in [6.07, 6.45) is 12.8. The zero-order valence-electron chi connectivity index (χ0n) is 19.7. The highest BCUT2D eigenvalue weighted by atomic mass is 16.3. The maximum atomic E-state index is 10.8. The Balaban J connectivity index is 1.49. The predicted molar refractivity (Wildman–Crippen MR) is 118 cm³/mol. The molecule has 0 spiro atoms. The number of rotatable bonds is 1. The lowest BCUT2D eigenvalue weighted by Gasteiger charge is -2.69. The third-order valence-electron chi connectivity index (χ3n) is 12.4. The number of hydrogen-bond acceptors (Lipinski definition) is 2. The van der Waals surface area contributed by atoms with Crippen molar-refractivity contribution in [3.8, 4) is 0 Å². The van der Waals surface area contributed by atoms with E-state index in [9.17, 15) is 10.2 Å². The Morgan fingerprint density at radius 3 is 2.17 bits per heavy atom. The van der Waals surface area contributed by atoms with Crippen molar-refractivity contribution in [2.45, 2.75) is 105 Å². The van der Waals surface area contributed by atoms with Gasteiger partial charge < -0.3 is 10.2 Å². The van der Waals surface area contributed by atoms with Gasteiger partial charge in [-0.15, -0.1) is 0 Å². The summed E-state index contributed by atoms with van der Waals surface area (Å²) in [5, 5.41) is 21.2. The molecule has 10 unspecified atom stereocenters. The fourth-order valence-corrected chi connectivity index (χ4v) is 11.0. The monoisotopic (exact) mass is 402 g/mol. The molecule has 0 bridgehead atoms. The van der Waals surface area contributed by atoms with Gasteiger partial charge in [0.2, 0.25) is 0 Å². The van der Waals surface area contributed by atoms with Crippen molar-refractivity contribution in [1.29, 1.82) is 0 Å². The first-order valence-electron chi connectivity index (χ1n) is 12.9. The molecule has 0 aliphatic heterocycles. The molecule has 5 fully saturated rings. The Labute approximate surface area is 179 Å². The Kier molecular flexibility index (Phi) is 4.64. The number of fused-ring (bicyclic) bond motifs is 7. The van der Waals surface area contributed by atoms with Gasteiger partial charge in [0.1, 0.15) is 0 Å². The van der Waals surface area contributed by atoms with Gasteiger partial charge in [-0.1, -0.05) is 34.6 Å². The van der Waals surface area contributed by atoms with Crippen LogP contribution in [-0.2, 0) is 0 Å². The lowest BCUT2D eigenvalue weighted by molar-refractivity contribution is -0.217. The molecule has 0 aromatic carbocycles. The molecular formula is C27H46O2. The first-order valence-corrected chi connectivity index (χ1v) is 12.9. The lowest BCUT2D eigenvalue weighted by Crippen LogP contribution is -2.63. The molecule has 166 valence electrons. The van der Waals surface area contributed by atoms with Crippen LogP contribution in [0.5, 0.6) is 0 Å². The first kappa shape index (κ1) is 20.8. The molecule has 5 aliphatic rings. The molecule has 2 N–H and O–H groups in total. The van der Waals surface area contributed by atoms with E-state index in [0.29, 0.717) is 23.4 Å². The molecule has 0 heterocycles. The summed E-state index contributed by atoms with van der Waals surface area (Å²) in [7, 11) is 0. The van der Waals surface area contributed by atoms with Crippen molar-refractivity contribution in [3.63, 3.8) is 0 Å². The summed E-state index contributed by atoms with van der Waals surface area (Å²) in [6.45, 7) is 12.9. The highest BCUT2D eigenvalue weighted by molar-refractivity contribution is 5.15. The second-order valence-corrected chi connectivity index (χ2v) is 13.5. The molecule has 0 saturated heterocycles. The maximum Gasteiger partial charge on any atom is 0.0594 e. The van der Waals surface area contributed by atoms with E-state index in [4.69, 9.17) is 0 Å². The van der Waals surface area contributed by atoms with E-state index in [2.05, 4.69) is 34.6 Å². The molecule has 0 aromatic heterocycles. The molecule has 2 heteroatoms. The van der Waals surface area contributed by atoms with Crippen LogP contribution in [0.15, 0.2) is 0 Å². The van der Waals surface area contributed by atoms with Crippen LogP contribution in [0.3, 0.4) is 0 Å². The van der Waals surface area contributed by atoms with Gasteiger partial charge in [0.05, 0.1) is 6.10 Å². The van der Waals surface area contributed by atoms with Crippen LogP contribution < -0.4 is 0 Å². The van der Waals surface area contributed by atoms with Gasteiger partial charge in [-0.25, -0.2) is 0 Å². The van der Waals surface area contributed by atoms with Gasteiger partial charge in [0.15, 0.2) is 0 Å². The third-order valence-corrected chi connectivity index (χ3v) is 12.4. The van der Waals surface area contributed by atoms with Crippen LogP contribution >= 0.6 is 0 Å². The van der Waals surface area contributed by atoms with Gasteiger partial charge in [-0.3, -0.25) is 0 Å². The van der Waals surface area contributed by atoms with Crippen LogP contribution in [0.25, 0.3) is 0 Å². The van der Waals surface area contributed by atoms with Crippen molar-refractivity contribution in [3.05, 3.63) is 0 Å². The summed E-state index contributed by atoms with van der Waals surface area (Å²) in [5.41, 5.74) is 1.18. The molecule has 2 nitrogen and oxygen atoms in total. The largest absolute Gasteiger partial charge is 0.396 e. The van der Waals surface area contributed by atoms with Crippen molar-refractivity contribution >= 4 is 0 Å². The van der Waals surface area contributed by atoms with E-state index in [1.807, 2.05) is 0 Å². The third kappa shape index (κ3) is 2.54. The predicted octanol–water partition coefficient (Wildman–Crippen LogP) is 6.05. The lowest BCUT2D eigenvalue weighted by atomic mass is 9.36. The summed E-state index contributed by atoms with van der Waals surface area (Å²) >= 11 is 0. The Bertz CT molecular complexity index is 657. The van der Waals surface area contributed by atoms with Crippen LogP contribution in [0.1, 0.15) is 98.8 Å². The van der Waals surface area contributed by atoms with Crippen molar-refractivity contribution < 1.29 is 10.2 Å². The van der Waals surface area contributed by atoms with E-state index in [0.717, 1.165) is 36.0 Å². The van der Waals surface area contributed by atoms with Crippen LogP contribution in [0, 0.1) is 57.2 Å². The number of hydrogen-bond donors (Lipinski definition) is 2. The summed E-state index contributed by atoms with van der Waals surface area (Å²) < 4.78 is 0. The molecule has 5 rings (SSSR count). The highest BCUT2D eigenvalue weighted by Crippen LogP contribution is 2.73. The van der Waals surface area contributed by atoms with Crippen molar-refractivity contribution in [2.75, 3.05) is 6.61 Å². The molecule has 5 saturated carbocycles. The van der Waals surface area contributed by atoms with Gasteiger partial charge in [0, 0.05) is 6.61 Å². The van der Waals surface area contributed by atoms with Crippen molar-refractivity contribution in [2.24, 2.45) is 57.2 Å². The second kappa shape index (κ2) is 6.47. The molecule has 10 atom stereocenters. The Hall–Kier alpha value is -0.0800. The summed E-state index contributed by atoms with van der Waals surface area (Å²) in [4.78, 5) is 0. The topological polar surface area (TPSA) is 40.5 Å². The van der Waals surface area contributed by atoms with Gasteiger partial charge in [-0.05, 0) is 121 Å². The first-order chi connectivity index (χ1) is 13.6. The van der Waals surface area contributed by atoms with Crippen molar-refractivity contribution in [1.82, 2.24) is 0 Å². The average Bonchev–Trinajstić information content (AvgIpc) is 3.02. The van der Waals surface area contributed by atoms with E-state index in [1.54, 1.807) is 0 Å². The zero-order valence-corrected chi connectivity index (χ0v) is 19.7. The average molecular weight is 403 g/mol. The maximum absolute atomic E-state index is 10.8. The van der Waals surface area contributed by atoms with Crippen LogP contribution in [-0.4, -0.2) is 22.9 Å². The molecule has 0 aromatic rings. The molecule has 0 radical (unpaired) electrons. The van der Waals surface area contributed by atoms with Gasteiger partial charge in [0.25, 0.3) is 0 Å². The van der Waals surface area contributed by atoms with Crippen LogP contribution in [0.4, 0.5) is 0 Å². The number of aliphatic hydroxyl groups excluding tert-OH is 2. The normalized spacial score (nSPS) is 58.7. The summed E-state index contributed by atoms with van der Waals surface area (Å²) in [6, 6.07) is 0. The minimum atomic E-state index is -0.125. The fraction of sp³-hybridized carbons (Fsp3) is 1.00. The highest BCUT2D eigenvalue weighted by Gasteiger charge is 2.66. The molecule has 29 heavy (non-hydrogen) atoms. The Morgan fingerprint density at radius 1 is 0.759 bits per heavy atom. The second-order valence-electron chi connectivity index (χ2n) is 13.5. The quantitative estimate of drug-likeness (QED) is 0.560. The van der Waals surface area contributed by atoms with Crippen LogP contribution in [0.2, 0.25) is 0 Å². The van der Waals surface area contributed by atoms with Gasteiger partial charge in [-0.2, -0.15) is 0 Å². The fourth-order valence-electron chi connectivity index (χ4n) is 11.0. The molecular weight excluding hydrogens is 356 g/mol. The minimum Gasteiger partial charge on any atom is -0.396 e. The number of aliphatic hydroxyl groups is 2. The van der Waals surface area contributed by atoms with E-state index < -0.39 is 0 Å².